The van der Waals surface area contributed by atoms with Crippen molar-refractivity contribution in [3.8, 4) is 0 Å². The van der Waals surface area contributed by atoms with Crippen LogP contribution in [0.5, 0.6) is 0 Å². The molecule has 1 aliphatic rings. The van der Waals surface area contributed by atoms with E-state index < -0.39 is 15.9 Å². The van der Waals surface area contributed by atoms with E-state index in [2.05, 4.69) is 38.0 Å². The fourth-order valence-electron chi connectivity index (χ4n) is 1.05. The van der Waals surface area contributed by atoms with Gasteiger partial charge in [0.15, 0.2) is 0 Å². The quantitative estimate of drug-likeness (QED) is 0.427. The molecule has 1 rings (SSSR count). The van der Waals surface area contributed by atoms with Crippen LogP contribution in [0.3, 0.4) is 0 Å². The Morgan fingerprint density at radius 3 is 2.62 bits per heavy atom. The van der Waals surface area contributed by atoms with Gasteiger partial charge in [0.05, 0.1) is 6.04 Å². The number of halogens is 4. The van der Waals surface area contributed by atoms with Crippen LogP contribution in [0, 0.1) is 0 Å². The van der Waals surface area contributed by atoms with Crippen molar-refractivity contribution in [2.45, 2.75) is 15.9 Å². The molecule has 0 aromatic rings. The number of alkyl carbamates (subject to hydrolysis) is 1. The number of β-lactam (4-membered cyclic amide) rings is 1. The maximum atomic E-state index is 11.2. The first-order valence-corrected chi connectivity index (χ1v) is 6.86. The zero-order valence-corrected chi connectivity index (χ0v) is 12.2. The van der Waals surface area contributed by atoms with Crippen molar-refractivity contribution < 1.29 is 14.3 Å². The lowest BCUT2D eigenvalue weighted by Crippen LogP contribution is -2.69. The van der Waals surface area contributed by atoms with Gasteiger partial charge in [-0.2, -0.15) is 0 Å². The molecule has 1 heterocycles. The molecule has 2 N–H and O–H groups in total. The molecule has 0 aromatic heterocycles. The summed E-state index contributed by atoms with van der Waals surface area (Å²) in [4.78, 5) is 22.3. The van der Waals surface area contributed by atoms with Crippen molar-refractivity contribution in [2.24, 2.45) is 0 Å². The summed E-state index contributed by atoms with van der Waals surface area (Å²) in [5.74, 6) is -0.243. The normalized spacial score (nSPS) is 24.4. The average Bonchev–Trinajstić information content (AvgIpc) is 2.18. The van der Waals surface area contributed by atoms with Crippen LogP contribution in [0.2, 0.25) is 0 Å². The molecule has 2 atom stereocenters. The van der Waals surface area contributed by atoms with Crippen LogP contribution in [-0.2, 0) is 9.53 Å². The zero-order chi connectivity index (χ0) is 12.3. The smallest absolute Gasteiger partial charge is 0.408 e. The van der Waals surface area contributed by atoms with E-state index in [9.17, 15) is 9.59 Å². The van der Waals surface area contributed by atoms with Gasteiger partial charge >= 0.3 is 6.09 Å². The van der Waals surface area contributed by atoms with Gasteiger partial charge in [0.2, 0.25) is 9.70 Å². The van der Waals surface area contributed by atoms with Crippen molar-refractivity contribution in [2.75, 3.05) is 11.0 Å². The number of hydrogen-bond acceptors (Lipinski definition) is 3. The molecular formula is C7H8Cl3IN2O3. The number of nitrogens with one attached hydrogen (secondary N) is 2. The maximum Gasteiger partial charge on any atom is 0.408 e. The summed E-state index contributed by atoms with van der Waals surface area (Å²) >= 11 is 18.3. The highest BCUT2D eigenvalue weighted by Gasteiger charge is 2.40. The minimum Gasteiger partial charge on any atom is -0.445 e. The van der Waals surface area contributed by atoms with Crippen LogP contribution >= 0.6 is 57.4 Å². The van der Waals surface area contributed by atoms with Crippen LogP contribution in [0.4, 0.5) is 4.79 Å². The van der Waals surface area contributed by atoms with Crippen LogP contribution in [-0.4, -0.2) is 38.9 Å². The minimum absolute atomic E-state index is 0.0755. The Bertz CT molecular complexity index is 297. The van der Waals surface area contributed by atoms with Crippen LogP contribution in [0.15, 0.2) is 0 Å². The lowest BCUT2D eigenvalue weighted by atomic mass is 10.0. The van der Waals surface area contributed by atoms with E-state index in [0.29, 0.717) is 4.43 Å². The van der Waals surface area contributed by atoms with Gasteiger partial charge in [-0.05, 0) is 0 Å². The number of carbonyl (C=O) groups is 2. The summed E-state index contributed by atoms with van der Waals surface area (Å²) in [5.41, 5.74) is 0. The van der Waals surface area contributed by atoms with Gasteiger partial charge in [-0.3, -0.25) is 4.79 Å². The molecule has 1 saturated heterocycles. The number of amides is 2. The second-order valence-electron chi connectivity index (χ2n) is 3.08. The molecule has 92 valence electrons. The van der Waals surface area contributed by atoms with E-state index in [0.717, 1.165) is 0 Å². The third kappa shape index (κ3) is 4.31. The van der Waals surface area contributed by atoms with Crippen molar-refractivity contribution in [3.63, 3.8) is 0 Å². The number of rotatable bonds is 3. The molecule has 9 heteroatoms. The SMILES string of the molecule is O=C(NC1C(=O)NC1CI)OCC(Cl)(Cl)Cl. The van der Waals surface area contributed by atoms with Crippen LogP contribution < -0.4 is 10.6 Å². The van der Waals surface area contributed by atoms with E-state index >= 15 is 0 Å². The molecule has 0 saturated carbocycles. The van der Waals surface area contributed by atoms with E-state index in [4.69, 9.17) is 34.8 Å². The Labute approximate surface area is 121 Å². The summed E-state index contributed by atoms with van der Waals surface area (Å²) in [5, 5.41) is 5.01. The van der Waals surface area contributed by atoms with Crippen molar-refractivity contribution in [1.29, 1.82) is 0 Å². The Hall–Kier alpha value is 0.340. The van der Waals surface area contributed by atoms with E-state index in [1.165, 1.54) is 0 Å². The van der Waals surface area contributed by atoms with Gasteiger partial charge in [-0.1, -0.05) is 57.4 Å². The standard InChI is InChI=1S/C7H8Cl3IN2O3/c8-7(9,10)2-16-6(15)13-4-3(1-11)12-5(4)14/h3-4H,1-2H2,(H,12,14)(H,13,15). The first kappa shape index (κ1) is 14.4. The van der Waals surface area contributed by atoms with Gasteiger partial charge in [0, 0.05) is 4.43 Å². The molecule has 2 unspecified atom stereocenters. The molecule has 0 spiro atoms. The summed E-state index contributed by atoms with van der Waals surface area (Å²) in [6, 6.07) is -0.645. The molecule has 2 amide bonds. The molecule has 0 radical (unpaired) electrons. The Morgan fingerprint density at radius 2 is 2.19 bits per heavy atom. The lowest BCUT2D eigenvalue weighted by molar-refractivity contribution is -0.130. The Morgan fingerprint density at radius 1 is 1.56 bits per heavy atom. The van der Waals surface area contributed by atoms with E-state index in [1.807, 2.05) is 0 Å². The second-order valence-corrected chi connectivity index (χ2v) is 6.48. The number of hydrogen-bond donors (Lipinski definition) is 2. The van der Waals surface area contributed by atoms with E-state index in [1.54, 1.807) is 0 Å². The van der Waals surface area contributed by atoms with E-state index in [-0.39, 0.29) is 18.6 Å². The molecule has 5 nitrogen and oxygen atoms in total. The molecule has 0 aromatic carbocycles. The second kappa shape index (κ2) is 5.79. The predicted molar refractivity (Wildman–Crippen MR) is 69.4 cm³/mol. The molecule has 16 heavy (non-hydrogen) atoms. The highest BCUT2D eigenvalue weighted by molar-refractivity contribution is 14.1. The highest BCUT2D eigenvalue weighted by atomic mass is 127. The van der Waals surface area contributed by atoms with Crippen LogP contribution in [0.1, 0.15) is 0 Å². The molecule has 1 fully saturated rings. The predicted octanol–water partition coefficient (Wildman–Crippen LogP) is 1.38. The average molecular weight is 401 g/mol. The molecule has 0 aliphatic carbocycles. The molecule has 0 bridgehead atoms. The largest absolute Gasteiger partial charge is 0.445 e. The van der Waals surface area contributed by atoms with Crippen LogP contribution in [0.25, 0.3) is 0 Å². The Balaban J connectivity index is 2.31. The van der Waals surface area contributed by atoms with Gasteiger partial charge in [-0.15, -0.1) is 0 Å². The maximum absolute atomic E-state index is 11.2. The van der Waals surface area contributed by atoms with Gasteiger partial charge < -0.3 is 15.4 Å². The van der Waals surface area contributed by atoms with Gasteiger partial charge in [0.1, 0.15) is 12.6 Å². The Kier molecular flexibility index (Phi) is 5.21. The minimum atomic E-state index is -1.65. The lowest BCUT2D eigenvalue weighted by Gasteiger charge is -2.35. The highest BCUT2D eigenvalue weighted by Crippen LogP contribution is 2.25. The van der Waals surface area contributed by atoms with Gasteiger partial charge in [0.25, 0.3) is 0 Å². The van der Waals surface area contributed by atoms with Crippen molar-refractivity contribution in [1.82, 2.24) is 10.6 Å². The van der Waals surface area contributed by atoms with Crippen molar-refractivity contribution in [3.05, 3.63) is 0 Å². The first-order chi connectivity index (χ1) is 7.33. The fourth-order valence-corrected chi connectivity index (χ4v) is 1.94. The summed E-state index contributed by atoms with van der Waals surface area (Å²) in [6.45, 7) is -0.368. The molecule has 1 aliphatic heterocycles. The monoisotopic (exact) mass is 400 g/mol. The van der Waals surface area contributed by atoms with Gasteiger partial charge in [-0.25, -0.2) is 4.79 Å². The third-order valence-electron chi connectivity index (χ3n) is 1.82. The van der Waals surface area contributed by atoms with Crippen molar-refractivity contribution >= 4 is 69.4 Å². The molecular weight excluding hydrogens is 393 g/mol. The first-order valence-electron chi connectivity index (χ1n) is 4.20. The summed E-state index contributed by atoms with van der Waals surface area (Å²) < 4.78 is 3.67. The third-order valence-corrected chi connectivity index (χ3v) is 3.10. The fraction of sp³-hybridized carbons (Fsp3) is 0.714. The zero-order valence-electron chi connectivity index (χ0n) is 7.81. The summed E-state index contributed by atoms with van der Waals surface area (Å²) in [7, 11) is 0. The topological polar surface area (TPSA) is 67.4 Å². The number of ether oxygens (including phenoxy) is 1. The number of alkyl halides is 4. The number of carbonyl (C=O) groups excluding carboxylic acids is 2. The summed E-state index contributed by atoms with van der Waals surface area (Å²) in [6.07, 6.45) is -0.777.